The predicted molar refractivity (Wildman–Crippen MR) is 68.2 cm³/mol. The van der Waals surface area contributed by atoms with Crippen LogP contribution in [-0.2, 0) is 14.3 Å². The van der Waals surface area contributed by atoms with Gasteiger partial charge in [-0.05, 0) is 19.8 Å². The van der Waals surface area contributed by atoms with Gasteiger partial charge in [0.2, 0.25) is 11.8 Å². The van der Waals surface area contributed by atoms with E-state index in [2.05, 4.69) is 10.6 Å². The number of nitrogens with one attached hydrogen (secondary N) is 2. The van der Waals surface area contributed by atoms with Crippen molar-refractivity contribution in [3.05, 3.63) is 0 Å². The molecule has 6 heteroatoms. The predicted octanol–water partition coefficient (Wildman–Crippen LogP) is -0.650. The molecule has 1 saturated heterocycles. The number of hydrogen-bond donors (Lipinski definition) is 2. The van der Waals surface area contributed by atoms with Crippen molar-refractivity contribution in [1.82, 2.24) is 15.5 Å². The summed E-state index contributed by atoms with van der Waals surface area (Å²) < 4.78 is 4.84. The van der Waals surface area contributed by atoms with Crippen LogP contribution in [0.3, 0.4) is 0 Å². The summed E-state index contributed by atoms with van der Waals surface area (Å²) in [7, 11) is 1.59. The van der Waals surface area contributed by atoms with Crippen molar-refractivity contribution in [3.8, 4) is 0 Å². The zero-order valence-corrected chi connectivity index (χ0v) is 11.2. The number of hydrogen-bond acceptors (Lipinski definition) is 4. The van der Waals surface area contributed by atoms with E-state index in [0.29, 0.717) is 13.2 Å². The van der Waals surface area contributed by atoms with E-state index < -0.39 is 0 Å². The van der Waals surface area contributed by atoms with Gasteiger partial charge in [-0.3, -0.25) is 14.9 Å². The number of methoxy groups -OCH3 is 1. The lowest BCUT2D eigenvalue weighted by atomic mass is 10.3. The molecule has 0 aliphatic carbocycles. The topological polar surface area (TPSA) is 70.7 Å². The molecule has 0 aromatic heterocycles. The largest absolute Gasteiger partial charge is 0.383 e. The van der Waals surface area contributed by atoms with Gasteiger partial charge in [0.1, 0.15) is 0 Å². The van der Waals surface area contributed by atoms with Gasteiger partial charge in [-0.15, -0.1) is 0 Å². The first-order chi connectivity index (χ1) is 8.65. The summed E-state index contributed by atoms with van der Waals surface area (Å²) in [6.07, 6.45) is 2.16. The van der Waals surface area contributed by atoms with Gasteiger partial charge < -0.3 is 15.0 Å². The normalized spacial score (nSPS) is 16.7. The summed E-state index contributed by atoms with van der Waals surface area (Å²) in [5, 5.41) is 5.67. The molecule has 0 radical (unpaired) electrons. The molecular formula is C12H23N3O3. The van der Waals surface area contributed by atoms with Crippen molar-refractivity contribution < 1.29 is 14.3 Å². The third-order valence-electron chi connectivity index (χ3n) is 3.02. The van der Waals surface area contributed by atoms with E-state index in [9.17, 15) is 9.59 Å². The monoisotopic (exact) mass is 257 g/mol. The fraction of sp³-hybridized carbons (Fsp3) is 0.833. The SMILES string of the molecule is COCCNC(=O)C(C)NCC(=O)N1CCCC1. The molecule has 0 bridgehead atoms. The smallest absolute Gasteiger partial charge is 0.236 e. The maximum atomic E-state index is 11.7. The second kappa shape index (κ2) is 8.05. The Morgan fingerprint density at radius 1 is 1.33 bits per heavy atom. The fourth-order valence-corrected chi connectivity index (χ4v) is 1.84. The molecule has 1 aliphatic heterocycles. The van der Waals surface area contributed by atoms with Gasteiger partial charge in [-0.2, -0.15) is 0 Å². The van der Waals surface area contributed by atoms with E-state index >= 15 is 0 Å². The summed E-state index contributed by atoms with van der Waals surface area (Å²) in [5.74, 6) is -0.0367. The number of carbonyl (C=O) groups excluding carboxylic acids is 2. The van der Waals surface area contributed by atoms with Crippen molar-refractivity contribution in [3.63, 3.8) is 0 Å². The Morgan fingerprint density at radius 3 is 2.61 bits per heavy atom. The molecule has 1 unspecified atom stereocenters. The van der Waals surface area contributed by atoms with Gasteiger partial charge >= 0.3 is 0 Å². The summed E-state index contributed by atoms with van der Waals surface area (Å²) in [5.41, 5.74) is 0. The van der Waals surface area contributed by atoms with Gasteiger partial charge in [0, 0.05) is 26.7 Å². The van der Waals surface area contributed by atoms with E-state index in [0.717, 1.165) is 25.9 Å². The summed E-state index contributed by atoms with van der Waals surface area (Å²) in [6.45, 7) is 4.63. The van der Waals surface area contributed by atoms with Crippen LogP contribution in [0.2, 0.25) is 0 Å². The molecule has 104 valence electrons. The Morgan fingerprint density at radius 2 is 2.00 bits per heavy atom. The highest BCUT2D eigenvalue weighted by Gasteiger charge is 2.19. The first-order valence-electron chi connectivity index (χ1n) is 6.43. The van der Waals surface area contributed by atoms with Crippen LogP contribution in [-0.4, -0.2) is 62.7 Å². The average molecular weight is 257 g/mol. The number of nitrogens with zero attached hydrogens (tertiary/aromatic N) is 1. The molecule has 1 fully saturated rings. The molecule has 1 aliphatic rings. The molecule has 1 rings (SSSR count). The Kier molecular flexibility index (Phi) is 6.67. The minimum atomic E-state index is -0.367. The van der Waals surface area contributed by atoms with Crippen molar-refractivity contribution in [2.75, 3.05) is 39.9 Å². The quantitative estimate of drug-likeness (QED) is 0.595. The average Bonchev–Trinajstić information content (AvgIpc) is 2.89. The molecule has 0 saturated carbocycles. The van der Waals surface area contributed by atoms with Crippen molar-refractivity contribution in [2.24, 2.45) is 0 Å². The Labute approximate surface area is 108 Å². The number of carbonyl (C=O) groups is 2. The number of rotatable bonds is 7. The van der Waals surface area contributed by atoms with Gasteiger partial charge in [0.05, 0.1) is 19.2 Å². The Bertz CT molecular complexity index is 278. The highest BCUT2D eigenvalue weighted by atomic mass is 16.5. The fourth-order valence-electron chi connectivity index (χ4n) is 1.84. The molecule has 1 atom stereocenters. The van der Waals surface area contributed by atoms with Crippen LogP contribution in [0.5, 0.6) is 0 Å². The zero-order valence-electron chi connectivity index (χ0n) is 11.2. The van der Waals surface area contributed by atoms with Gasteiger partial charge in [0.15, 0.2) is 0 Å². The molecule has 0 spiro atoms. The number of ether oxygens (including phenoxy) is 1. The summed E-state index contributed by atoms with van der Waals surface area (Å²) >= 11 is 0. The van der Waals surface area contributed by atoms with E-state index in [1.807, 2.05) is 4.90 Å². The molecular weight excluding hydrogens is 234 g/mol. The third kappa shape index (κ3) is 5.01. The lowest BCUT2D eigenvalue weighted by molar-refractivity contribution is -0.129. The molecule has 0 aromatic carbocycles. The van der Waals surface area contributed by atoms with Gasteiger partial charge in [-0.1, -0.05) is 0 Å². The van der Waals surface area contributed by atoms with E-state index in [1.165, 1.54) is 0 Å². The van der Waals surface area contributed by atoms with E-state index in [4.69, 9.17) is 4.74 Å². The highest BCUT2D eigenvalue weighted by Crippen LogP contribution is 2.06. The maximum absolute atomic E-state index is 11.7. The molecule has 1 heterocycles. The number of amides is 2. The first-order valence-corrected chi connectivity index (χ1v) is 6.43. The van der Waals surface area contributed by atoms with Gasteiger partial charge in [0.25, 0.3) is 0 Å². The Balaban J connectivity index is 2.16. The minimum Gasteiger partial charge on any atom is -0.383 e. The zero-order chi connectivity index (χ0) is 13.4. The molecule has 18 heavy (non-hydrogen) atoms. The second-order valence-corrected chi connectivity index (χ2v) is 4.47. The maximum Gasteiger partial charge on any atom is 0.236 e. The van der Waals surface area contributed by atoms with Crippen LogP contribution < -0.4 is 10.6 Å². The van der Waals surface area contributed by atoms with Crippen LogP contribution in [0.4, 0.5) is 0 Å². The van der Waals surface area contributed by atoms with Crippen LogP contribution in [0.25, 0.3) is 0 Å². The van der Waals surface area contributed by atoms with Crippen molar-refractivity contribution in [1.29, 1.82) is 0 Å². The van der Waals surface area contributed by atoms with Crippen LogP contribution in [0.1, 0.15) is 19.8 Å². The molecule has 2 N–H and O–H groups in total. The third-order valence-corrected chi connectivity index (χ3v) is 3.02. The van der Waals surface area contributed by atoms with E-state index in [-0.39, 0.29) is 24.4 Å². The molecule has 6 nitrogen and oxygen atoms in total. The highest BCUT2D eigenvalue weighted by molar-refractivity contribution is 5.83. The van der Waals surface area contributed by atoms with E-state index in [1.54, 1.807) is 14.0 Å². The van der Waals surface area contributed by atoms with Crippen LogP contribution in [0.15, 0.2) is 0 Å². The standard InChI is InChI=1S/C12H23N3O3/c1-10(12(17)13-5-8-18-2)14-9-11(16)15-6-3-4-7-15/h10,14H,3-9H2,1-2H3,(H,13,17). The van der Waals surface area contributed by atoms with Gasteiger partial charge in [-0.25, -0.2) is 0 Å². The minimum absolute atomic E-state index is 0.0732. The lowest BCUT2D eigenvalue weighted by Gasteiger charge is -2.18. The van der Waals surface area contributed by atoms with Crippen LogP contribution >= 0.6 is 0 Å². The van der Waals surface area contributed by atoms with Crippen LogP contribution in [0, 0.1) is 0 Å². The summed E-state index contributed by atoms with van der Waals surface area (Å²) in [4.78, 5) is 25.2. The Hall–Kier alpha value is -1.14. The van der Waals surface area contributed by atoms with Crippen molar-refractivity contribution in [2.45, 2.75) is 25.8 Å². The number of likely N-dealkylation sites (tertiary alicyclic amines) is 1. The second-order valence-electron chi connectivity index (χ2n) is 4.47. The van der Waals surface area contributed by atoms with Crippen molar-refractivity contribution >= 4 is 11.8 Å². The summed E-state index contributed by atoms with van der Waals surface area (Å²) in [6, 6.07) is -0.367. The molecule has 2 amide bonds. The lowest BCUT2D eigenvalue weighted by Crippen LogP contribution is -2.47. The first kappa shape index (κ1) is 14.9. The molecule has 0 aromatic rings.